The van der Waals surface area contributed by atoms with Crippen molar-refractivity contribution >= 4 is 39.9 Å². The van der Waals surface area contributed by atoms with E-state index in [1.165, 1.54) is 6.33 Å². The molecule has 0 aliphatic carbocycles. The van der Waals surface area contributed by atoms with E-state index in [2.05, 4.69) is 34.9 Å². The molecular weight excluding hydrogens is 510 g/mol. The third kappa shape index (κ3) is 5.66. The van der Waals surface area contributed by atoms with E-state index in [-0.39, 0.29) is 16.5 Å². The zero-order chi connectivity index (χ0) is 26.0. The van der Waals surface area contributed by atoms with Gasteiger partial charge in [0.15, 0.2) is 5.82 Å². The van der Waals surface area contributed by atoms with Crippen LogP contribution >= 0.6 is 11.5 Å². The van der Waals surface area contributed by atoms with Crippen LogP contribution < -0.4 is 15.5 Å². The molecule has 1 fully saturated rings. The first-order valence-corrected chi connectivity index (χ1v) is 12.0. The molecule has 3 heterocycles. The number of alkyl halides is 3. The number of amides is 1. The van der Waals surface area contributed by atoms with Gasteiger partial charge in [0.05, 0.1) is 5.56 Å². The van der Waals surface area contributed by atoms with Crippen molar-refractivity contribution in [2.45, 2.75) is 19.0 Å². The Balaban J connectivity index is 1.24. The van der Waals surface area contributed by atoms with Crippen LogP contribution in [-0.2, 0) is 6.18 Å². The Hall–Kier alpha value is -4.13. The number of benzene rings is 2. The number of nitrogens with zero attached hydrogens (tertiary/aromatic N) is 5. The van der Waals surface area contributed by atoms with Crippen LogP contribution in [0.5, 0.6) is 0 Å². The topological polar surface area (TPSA) is 95.9 Å². The summed E-state index contributed by atoms with van der Waals surface area (Å²) in [4.78, 5) is 27.5. The monoisotopic (exact) mass is 529 g/mol. The standard InChI is InChI=1S/C24H19F4N7OS/c25-18-8-5-15(11-17(18)24(26,27)28)21-32-23(37-34-21)33-22(36)14-3-6-16(7-4-14)31-19-12-20(30-13-29-19)35-9-1-2-10-35/h3-8,11-13H,1-2,9-10H2,(H,29,30,31)(H,32,33,34,36). The Kier molecular flexibility index (Phi) is 6.70. The van der Waals surface area contributed by atoms with E-state index in [0.29, 0.717) is 23.5 Å². The zero-order valence-corrected chi connectivity index (χ0v) is 19.9. The van der Waals surface area contributed by atoms with E-state index in [0.717, 1.165) is 55.0 Å². The maximum atomic E-state index is 13.6. The molecule has 4 aromatic rings. The lowest BCUT2D eigenvalue weighted by Gasteiger charge is -2.16. The molecule has 0 atom stereocenters. The number of carbonyl (C=O) groups is 1. The van der Waals surface area contributed by atoms with Gasteiger partial charge in [0.1, 0.15) is 23.8 Å². The quantitative estimate of drug-likeness (QED) is 0.307. The third-order valence-electron chi connectivity index (χ3n) is 5.68. The number of anilines is 4. The molecule has 8 nitrogen and oxygen atoms in total. The van der Waals surface area contributed by atoms with Crippen molar-refractivity contribution in [2.24, 2.45) is 0 Å². The minimum absolute atomic E-state index is 0.0153. The smallest absolute Gasteiger partial charge is 0.356 e. The number of nitrogens with one attached hydrogen (secondary N) is 2. The van der Waals surface area contributed by atoms with Crippen LogP contribution in [0.1, 0.15) is 28.8 Å². The summed E-state index contributed by atoms with van der Waals surface area (Å²) in [6.07, 6.45) is -1.07. The fourth-order valence-electron chi connectivity index (χ4n) is 3.83. The maximum Gasteiger partial charge on any atom is 0.419 e. The Morgan fingerprint density at radius 2 is 1.76 bits per heavy atom. The summed E-state index contributed by atoms with van der Waals surface area (Å²) in [5, 5.41) is 5.86. The molecule has 0 saturated carbocycles. The van der Waals surface area contributed by atoms with Gasteiger partial charge in [0.2, 0.25) is 5.13 Å². The van der Waals surface area contributed by atoms with Gasteiger partial charge in [-0.25, -0.2) is 14.4 Å². The SMILES string of the molecule is O=C(Nc1nc(-c2ccc(F)c(C(F)(F)F)c2)ns1)c1ccc(Nc2cc(N3CCCC3)ncn2)cc1. The summed E-state index contributed by atoms with van der Waals surface area (Å²) in [5.74, 6) is -0.418. The Morgan fingerprint density at radius 1 is 1.00 bits per heavy atom. The van der Waals surface area contributed by atoms with Crippen LogP contribution in [-0.4, -0.2) is 38.3 Å². The second kappa shape index (κ2) is 10.1. The highest BCUT2D eigenvalue weighted by atomic mass is 32.1. The van der Waals surface area contributed by atoms with Crippen molar-refractivity contribution in [3.05, 3.63) is 71.8 Å². The largest absolute Gasteiger partial charge is 0.419 e. The van der Waals surface area contributed by atoms with Gasteiger partial charge in [-0.3, -0.25) is 10.1 Å². The highest BCUT2D eigenvalue weighted by Gasteiger charge is 2.34. The fraction of sp³-hybridized carbons (Fsp3) is 0.208. The molecule has 2 aromatic carbocycles. The molecule has 0 spiro atoms. The number of carbonyl (C=O) groups excluding carboxylic acids is 1. The molecule has 1 aliphatic rings. The Morgan fingerprint density at radius 3 is 2.49 bits per heavy atom. The van der Waals surface area contributed by atoms with E-state index < -0.39 is 23.5 Å². The van der Waals surface area contributed by atoms with E-state index >= 15 is 0 Å². The summed E-state index contributed by atoms with van der Waals surface area (Å²) < 4.78 is 56.5. The van der Waals surface area contributed by atoms with Gasteiger partial charge in [0.25, 0.3) is 5.91 Å². The number of rotatable bonds is 6. The van der Waals surface area contributed by atoms with E-state index in [9.17, 15) is 22.4 Å². The van der Waals surface area contributed by atoms with Crippen molar-refractivity contribution in [1.82, 2.24) is 19.3 Å². The van der Waals surface area contributed by atoms with Gasteiger partial charge in [-0.1, -0.05) is 0 Å². The fourth-order valence-corrected chi connectivity index (χ4v) is 4.41. The molecule has 1 saturated heterocycles. The highest BCUT2D eigenvalue weighted by Crippen LogP contribution is 2.34. The Labute approximate surface area is 212 Å². The van der Waals surface area contributed by atoms with Crippen LogP contribution in [0.3, 0.4) is 0 Å². The first-order chi connectivity index (χ1) is 17.8. The first-order valence-electron chi connectivity index (χ1n) is 11.2. The van der Waals surface area contributed by atoms with Gasteiger partial charge in [-0.05, 0) is 55.3 Å². The van der Waals surface area contributed by atoms with Crippen LogP contribution in [0.15, 0.2) is 54.9 Å². The van der Waals surface area contributed by atoms with Gasteiger partial charge in [-0.2, -0.15) is 22.5 Å². The molecule has 5 rings (SSSR count). The van der Waals surface area contributed by atoms with Gasteiger partial charge >= 0.3 is 6.18 Å². The molecule has 0 radical (unpaired) electrons. The van der Waals surface area contributed by atoms with Crippen molar-refractivity contribution < 1.29 is 22.4 Å². The Bertz CT molecular complexity index is 1420. The normalized spacial score (nSPS) is 13.6. The summed E-state index contributed by atoms with van der Waals surface area (Å²) in [6.45, 7) is 1.93. The predicted octanol–water partition coefficient (Wildman–Crippen LogP) is 5.75. The lowest BCUT2D eigenvalue weighted by Crippen LogP contribution is -2.19. The molecule has 1 amide bonds. The number of hydrogen-bond donors (Lipinski definition) is 2. The summed E-state index contributed by atoms with van der Waals surface area (Å²) >= 11 is 0.803. The minimum atomic E-state index is -4.85. The third-order valence-corrected chi connectivity index (χ3v) is 6.31. The van der Waals surface area contributed by atoms with Crippen LogP contribution in [0.25, 0.3) is 11.4 Å². The maximum absolute atomic E-state index is 13.6. The molecule has 13 heteroatoms. The molecule has 2 N–H and O–H groups in total. The molecule has 37 heavy (non-hydrogen) atoms. The average Bonchev–Trinajstić information content (AvgIpc) is 3.57. The molecule has 1 aliphatic heterocycles. The minimum Gasteiger partial charge on any atom is -0.356 e. The van der Waals surface area contributed by atoms with Gasteiger partial charge < -0.3 is 10.2 Å². The lowest BCUT2D eigenvalue weighted by molar-refractivity contribution is -0.139. The van der Waals surface area contributed by atoms with Crippen molar-refractivity contribution in [2.75, 3.05) is 28.6 Å². The second-order valence-electron chi connectivity index (χ2n) is 8.23. The number of halogens is 4. The van der Waals surface area contributed by atoms with Gasteiger partial charge in [0, 0.05) is 47.5 Å². The summed E-state index contributed by atoms with van der Waals surface area (Å²) in [6, 6.07) is 11.0. The summed E-state index contributed by atoms with van der Waals surface area (Å²) in [7, 11) is 0. The lowest BCUT2D eigenvalue weighted by atomic mass is 10.1. The van der Waals surface area contributed by atoms with Crippen molar-refractivity contribution in [3.63, 3.8) is 0 Å². The molecule has 0 bridgehead atoms. The van der Waals surface area contributed by atoms with Crippen LogP contribution in [0, 0.1) is 5.82 Å². The zero-order valence-electron chi connectivity index (χ0n) is 19.1. The van der Waals surface area contributed by atoms with Crippen molar-refractivity contribution in [3.8, 4) is 11.4 Å². The van der Waals surface area contributed by atoms with E-state index in [4.69, 9.17) is 0 Å². The predicted molar refractivity (Wildman–Crippen MR) is 131 cm³/mol. The van der Waals surface area contributed by atoms with Crippen LogP contribution in [0.2, 0.25) is 0 Å². The van der Waals surface area contributed by atoms with Crippen LogP contribution in [0.4, 0.5) is 40.0 Å². The molecular formula is C24H19F4N7OS. The first kappa shape index (κ1) is 24.6. The molecule has 0 unspecified atom stereocenters. The van der Waals surface area contributed by atoms with Gasteiger partial charge in [-0.15, -0.1) is 0 Å². The molecule has 2 aromatic heterocycles. The molecule has 190 valence electrons. The summed E-state index contributed by atoms with van der Waals surface area (Å²) in [5.41, 5.74) is -0.367. The second-order valence-corrected chi connectivity index (χ2v) is 8.98. The van der Waals surface area contributed by atoms with E-state index in [1.54, 1.807) is 24.3 Å². The number of hydrogen-bond acceptors (Lipinski definition) is 8. The number of aromatic nitrogens is 4. The highest BCUT2D eigenvalue weighted by molar-refractivity contribution is 7.10. The van der Waals surface area contributed by atoms with Crippen molar-refractivity contribution in [1.29, 1.82) is 0 Å². The van der Waals surface area contributed by atoms with E-state index in [1.807, 2.05) is 6.07 Å². The average molecular weight is 530 g/mol.